The number of nitrogens with one attached hydrogen (secondary N) is 1. The van der Waals surface area contributed by atoms with Gasteiger partial charge in [0.1, 0.15) is 0 Å². The second kappa shape index (κ2) is 9.21. The van der Waals surface area contributed by atoms with Crippen molar-refractivity contribution in [3.05, 3.63) is 77.9 Å². The number of hydrogen-bond acceptors (Lipinski definition) is 5. The van der Waals surface area contributed by atoms with Crippen LogP contribution in [0.4, 0.5) is 5.69 Å². The fourth-order valence-corrected chi connectivity index (χ4v) is 3.07. The van der Waals surface area contributed by atoms with Crippen molar-refractivity contribution < 1.29 is 19.1 Å². The van der Waals surface area contributed by atoms with E-state index in [4.69, 9.17) is 15.2 Å². The molecule has 1 unspecified atom stereocenters. The number of carbonyl (C=O) groups is 2. The molecule has 0 radical (unpaired) electrons. The lowest BCUT2D eigenvalue weighted by Gasteiger charge is -2.23. The number of benzene rings is 3. The Hall–Kier alpha value is -3.38. The molecule has 0 saturated carbocycles. The lowest BCUT2D eigenvalue weighted by Crippen LogP contribution is -2.49. The van der Waals surface area contributed by atoms with Crippen molar-refractivity contribution in [3.8, 4) is 0 Å². The molecule has 150 valence electrons. The largest absolute Gasteiger partial charge is 0.467 e. The van der Waals surface area contributed by atoms with Gasteiger partial charge in [0.15, 0.2) is 6.04 Å². The van der Waals surface area contributed by atoms with Crippen LogP contribution in [0.1, 0.15) is 22.8 Å². The molecule has 0 aromatic heterocycles. The molecule has 0 heterocycles. The molecule has 1 amide bonds. The van der Waals surface area contributed by atoms with Crippen molar-refractivity contribution in [2.75, 3.05) is 12.8 Å². The zero-order valence-electron chi connectivity index (χ0n) is 16.4. The molecule has 0 fully saturated rings. The normalized spacial score (nSPS) is 12.9. The average molecular weight is 392 g/mol. The molecule has 0 aliphatic carbocycles. The van der Waals surface area contributed by atoms with E-state index in [1.165, 1.54) is 7.11 Å². The predicted molar refractivity (Wildman–Crippen MR) is 112 cm³/mol. The lowest BCUT2D eigenvalue weighted by atomic mass is 10.0. The van der Waals surface area contributed by atoms with E-state index in [9.17, 15) is 9.59 Å². The maximum Gasteiger partial charge on any atom is 0.331 e. The van der Waals surface area contributed by atoms with E-state index in [1.54, 1.807) is 19.1 Å². The molecule has 0 aliphatic heterocycles. The van der Waals surface area contributed by atoms with E-state index >= 15 is 0 Å². The summed E-state index contributed by atoms with van der Waals surface area (Å²) in [6, 6.07) is 19.7. The van der Waals surface area contributed by atoms with E-state index < -0.39 is 24.0 Å². The first-order chi connectivity index (χ1) is 14.0. The number of amides is 1. The maximum atomic E-state index is 12.9. The number of methoxy groups -OCH3 is 1. The van der Waals surface area contributed by atoms with Crippen LogP contribution in [-0.4, -0.2) is 31.1 Å². The molecular weight excluding hydrogens is 368 g/mol. The van der Waals surface area contributed by atoms with Gasteiger partial charge in [-0.15, -0.1) is 0 Å². The van der Waals surface area contributed by atoms with Gasteiger partial charge >= 0.3 is 5.97 Å². The Morgan fingerprint density at radius 3 is 2.28 bits per heavy atom. The average Bonchev–Trinajstić information content (AvgIpc) is 2.75. The zero-order valence-corrected chi connectivity index (χ0v) is 16.4. The summed E-state index contributed by atoms with van der Waals surface area (Å²) >= 11 is 0. The number of anilines is 1. The van der Waals surface area contributed by atoms with Crippen molar-refractivity contribution in [2.24, 2.45) is 0 Å². The first kappa shape index (κ1) is 20.4. The van der Waals surface area contributed by atoms with Gasteiger partial charge in [-0.3, -0.25) is 4.79 Å². The molecule has 3 N–H and O–H groups in total. The number of carbonyl (C=O) groups excluding carboxylic acids is 2. The summed E-state index contributed by atoms with van der Waals surface area (Å²) in [5.41, 5.74) is 7.67. The highest BCUT2D eigenvalue weighted by Crippen LogP contribution is 2.22. The Labute approximate surface area is 169 Å². The molecule has 0 bridgehead atoms. The first-order valence-corrected chi connectivity index (χ1v) is 9.32. The fraction of sp³-hybridized carbons (Fsp3) is 0.217. The summed E-state index contributed by atoms with van der Waals surface area (Å²) in [5.74, 6) is -1.04. The summed E-state index contributed by atoms with van der Waals surface area (Å²) in [6.07, 6.45) is -0.603. The molecule has 3 aromatic carbocycles. The van der Waals surface area contributed by atoms with E-state index in [-0.39, 0.29) is 0 Å². The van der Waals surface area contributed by atoms with Crippen LogP contribution in [0.25, 0.3) is 10.8 Å². The number of ether oxygens (including phenoxy) is 2. The van der Waals surface area contributed by atoms with Gasteiger partial charge in [0.05, 0.1) is 25.4 Å². The van der Waals surface area contributed by atoms with Gasteiger partial charge in [-0.1, -0.05) is 54.6 Å². The summed E-state index contributed by atoms with van der Waals surface area (Å²) in [6.45, 7) is 2.03. The highest BCUT2D eigenvalue weighted by atomic mass is 16.5. The van der Waals surface area contributed by atoms with Crippen LogP contribution in [0.15, 0.2) is 66.7 Å². The molecule has 0 spiro atoms. The van der Waals surface area contributed by atoms with Gasteiger partial charge in [0.2, 0.25) is 0 Å². The van der Waals surface area contributed by atoms with Crippen LogP contribution in [0, 0.1) is 0 Å². The van der Waals surface area contributed by atoms with Crippen LogP contribution < -0.4 is 11.1 Å². The highest BCUT2D eigenvalue weighted by molar-refractivity contribution is 6.05. The Kier molecular flexibility index (Phi) is 6.46. The van der Waals surface area contributed by atoms with Gasteiger partial charge in [-0.05, 0) is 35.4 Å². The van der Waals surface area contributed by atoms with Crippen LogP contribution in [0.2, 0.25) is 0 Å². The topological polar surface area (TPSA) is 90.7 Å². The number of nitrogen functional groups attached to an aromatic ring is 1. The van der Waals surface area contributed by atoms with Crippen molar-refractivity contribution >= 4 is 28.3 Å². The SMILES string of the molecule is COC(=O)[C@@H](NC(=O)c1cc2ccccc2cc1N)C(C)OCc1ccccc1. The summed E-state index contributed by atoms with van der Waals surface area (Å²) in [4.78, 5) is 25.1. The van der Waals surface area contributed by atoms with E-state index in [0.717, 1.165) is 16.3 Å². The molecular formula is C23H24N2O4. The first-order valence-electron chi connectivity index (χ1n) is 9.32. The molecule has 2 atom stereocenters. The smallest absolute Gasteiger partial charge is 0.331 e. The van der Waals surface area contributed by atoms with E-state index in [2.05, 4.69) is 5.32 Å². The van der Waals surface area contributed by atoms with E-state index in [1.807, 2.05) is 54.6 Å². The Bertz CT molecular complexity index is 1000. The van der Waals surface area contributed by atoms with Crippen LogP contribution in [-0.2, 0) is 20.9 Å². The van der Waals surface area contributed by atoms with Gasteiger partial charge in [-0.25, -0.2) is 4.79 Å². The zero-order chi connectivity index (χ0) is 20.8. The number of rotatable bonds is 7. The monoisotopic (exact) mass is 392 g/mol. The van der Waals surface area contributed by atoms with Crippen molar-refractivity contribution in [3.63, 3.8) is 0 Å². The summed E-state index contributed by atoms with van der Waals surface area (Å²) < 4.78 is 10.7. The number of hydrogen-bond donors (Lipinski definition) is 2. The minimum atomic E-state index is -0.970. The second-order valence-electron chi connectivity index (χ2n) is 6.76. The molecule has 6 nitrogen and oxygen atoms in total. The minimum absolute atomic E-state index is 0.299. The van der Waals surface area contributed by atoms with Crippen molar-refractivity contribution in [2.45, 2.75) is 25.7 Å². The van der Waals surface area contributed by atoms with Gasteiger partial charge in [0, 0.05) is 5.69 Å². The number of nitrogens with two attached hydrogens (primary N) is 1. The third-order valence-corrected chi connectivity index (χ3v) is 4.73. The Balaban J connectivity index is 1.76. The second-order valence-corrected chi connectivity index (χ2v) is 6.76. The Morgan fingerprint density at radius 1 is 1.00 bits per heavy atom. The van der Waals surface area contributed by atoms with Crippen molar-refractivity contribution in [1.29, 1.82) is 0 Å². The van der Waals surface area contributed by atoms with Gasteiger partial charge in [-0.2, -0.15) is 0 Å². The van der Waals surface area contributed by atoms with Crippen LogP contribution in [0.3, 0.4) is 0 Å². The van der Waals surface area contributed by atoms with Crippen molar-refractivity contribution in [1.82, 2.24) is 5.32 Å². The molecule has 0 aliphatic rings. The molecule has 3 rings (SSSR count). The van der Waals surface area contributed by atoms with Crippen LogP contribution in [0.5, 0.6) is 0 Å². The summed E-state index contributed by atoms with van der Waals surface area (Å²) in [7, 11) is 1.27. The molecule has 3 aromatic rings. The van der Waals surface area contributed by atoms with E-state index in [0.29, 0.717) is 17.9 Å². The minimum Gasteiger partial charge on any atom is -0.467 e. The van der Waals surface area contributed by atoms with Gasteiger partial charge < -0.3 is 20.5 Å². The Morgan fingerprint density at radius 2 is 1.62 bits per heavy atom. The molecule has 6 heteroatoms. The maximum absolute atomic E-state index is 12.9. The number of esters is 1. The standard InChI is InChI=1S/C23H24N2O4/c1-15(29-14-16-8-4-3-5-9-16)21(23(27)28-2)25-22(26)19-12-17-10-6-7-11-18(17)13-20(19)24/h3-13,15,21H,14,24H2,1-2H3,(H,25,26)/t15?,21-/m0/s1. The number of fused-ring (bicyclic) bond motifs is 1. The third-order valence-electron chi connectivity index (χ3n) is 4.73. The highest BCUT2D eigenvalue weighted by Gasteiger charge is 2.29. The molecule has 29 heavy (non-hydrogen) atoms. The quantitative estimate of drug-likeness (QED) is 0.476. The molecule has 0 saturated heterocycles. The third kappa shape index (κ3) is 4.92. The van der Waals surface area contributed by atoms with Crippen LogP contribution >= 0.6 is 0 Å². The lowest BCUT2D eigenvalue weighted by molar-refractivity contribution is -0.147. The summed E-state index contributed by atoms with van der Waals surface area (Å²) in [5, 5.41) is 4.53. The fourth-order valence-electron chi connectivity index (χ4n) is 3.07. The van der Waals surface area contributed by atoms with Gasteiger partial charge in [0.25, 0.3) is 5.91 Å². The predicted octanol–water partition coefficient (Wildman–Crippen LogP) is 3.30.